The average Bonchev–Trinajstić information content (AvgIpc) is 2.35. The molecule has 0 amide bonds. The molecule has 0 radical (unpaired) electrons. The summed E-state index contributed by atoms with van der Waals surface area (Å²) in [6.45, 7) is 12.2. The highest BCUT2D eigenvalue weighted by Crippen LogP contribution is 2.37. The second-order valence-corrected chi connectivity index (χ2v) is 8.09. The molecular weight excluding hydrogens is 272 g/mol. The molecule has 0 heterocycles. The van der Waals surface area contributed by atoms with Gasteiger partial charge in [0.1, 0.15) is 0 Å². The van der Waals surface area contributed by atoms with Gasteiger partial charge in [0.25, 0.3) is 10.1 Å². The fraction of sp³-hybridized carbons (Fsp3) is 0.625. The molecule has 1 N–H and O–H groups in total. The summed E-state index contributed by atoms with van der Waals surface area (Å²) in [5.41, 5.74) is 1.20. The lowest BCUT2D eigenvalue weighted by molar-refractivity contribution is 0.422. The normalized spacial score (nSPS) is 13.6. The van der Waals surface area contributed by atoms with Gasteiger partial charge in [-0.2, -0.15) is 8.42 Å². The zero-order valence-electron chi connectivity index (χ0n) is 13.3. The summed E-state index contributed by atoms with van der Waals surface area (Å²) < 4.78 is 33.1. The van der Waals surface area contributed by atoms with Crippen molar-refractivity contribution in [1.29, 1.82) is 0 Å². The van der Waals surface area contributed by atoms with Crippen LogP contribution in [0, 0.1) is 0 Å². The monoisotopic (exact) mass is 298 g/mol. The van der Waals surface area contributed by atoms with Crippen molar-refractivity contribution in [2.75, 3.05) is 0 Å². The zero-order valence-corrected chi connectivity index (χ0v) is 14.1. The Morgan fingerprint density at radius 2 is 1.55 bits per heavy atom. The van der Waals surface area contributed by atoms with Crippen molar-refractivity contribution in [2.24, 2.45) is 0 Å². The third-order valence-electron chi connectivity index (χ3n) is 4.34. The Hall–Kier alpha value is -0.870. The summed E-state index contributed by atoms with van der Waals surface area (Å²) in [6, 6.07) is 5.44. The van der Waals surface area contributed by atoms with Gasteiger partial charge in [-0.3, -0.25) is 4.55 Å². The summed E-state index contributed by atoms with van der Waals surface area (Å²) in [5.74, 6) is 0. The number of benzene rings is 1. The predicted molar refractivity (Wildman–Crippen MR) is 82.9 cm³/mol. The lowest BCUT2D eigenvalue weighted by atomic mass is 9.76. The molecule has 0 bridgehead atoms. The smallest absolute Gasteiger partial charge is 0.282 e. The Balaban J connectivity index is 3.64. The third kappa shape index (κ3) is 3.41. The minimum atomic E-state index is -4.22. The largest absolute Gasteiger partial charge is 0.294 e. The van der Waals surface area contributed by atoms with Gasteiger partial charge in [-0.1, -0.05) is 53.7 Å². The minimum Gasteiger partial charge on any atom is -0.282 e. The molecule has 0 saturated heterocycles. The number of hydrogen-bond donors (Lipinski definition) is 1. The Kier molecular flexibility index (Phi) is 4.72. The predicted octanol–water partition coefficient (Wildman–Crippen LogP) is 4.31. The van der Waals surface area contributed by atoms with E-state index in [9.17, 15) is 13.0 Å². The first-order valence-corrected chi connectivity index (χ1v) is 8.52. The van der Waals surface area contributed by atoms with E-state index >= 15 is 0 Å². The number of hydrogen-bond acceptors (Lipinski definition) is 2. The summed E-state index contributed by atoms with van der Waals surface area (Å²) >= 11 is 0. The molecule has 1 rings (SSSR count). The maximum absolute atomic E-state index is 11.8. The van der Waals surface area contributed by atoms with Crippen molar-refractivity contribution in [1.82, 2.24) is 0 Å². The van der Waals surface area contributed by atoms with Crippen molar-refractivity contribution in [3.63, 3.8) is 0 Å². The van der Waals surface area contributed by atoms with E-state index in [2.05, 4.69) is 0 Å². The van der Waals surface area contributed by atoms with Gasteiger partial charge in [0.05, 0.1) is 4.90 Å². The van der Waals surface area contributed by atoms with E-state index in [0.29, 0.717) is 5.56 Å². The molecule has 114 valence electrons. The average molecular weight is 298 g/mol. The van der Waals surface area contributed by atoms with Gasteiger partial charge in [0.15, 0.2) is 0 Å². The van der Waals surface area contributed by atoms with Crippen molar-refractivity contribution in [3.8, 4) is 0 Å². The zero-order chi connectivity index (χ0) is 15.8. The SMILES string of the molecule is CCC(C)(CC)c1ccc(C(C)(C)C)cc1S(=O)(=O)O. The molecule has 0 aliphatic carbocycles. The summed E-state index contributed by atoms with van der Waals surface area (Å²) in [6.07, 6.45) is 1.64. The molecule has 0 unspecified atom stereocenters. The Morgan fingerprint density at radius 3 is 1.90 bits per heavy atom. The van der Waals surface area contributed by atoms with Crippen LogP contribution in [0.2, 0.25) is 0 Å². The molecule has 0 atom stereocenters. The highest BCUT2D eigenvalue weighted by molar-refractivity contribution is 7.85. The van der Waals surface area contributed by atoms with E-state index in [4.69, 9.17) is 0 Å². The molecule has 1 aromatic rings. The van der Waals surface area contributed by atoms with E-state index < -0.39 is 10.1 Å². The van der Waals surface area contributed by atoms with Crippen LogP contribution in [-0.2, 0) is 20.9 Å². The van der Waals surface area contributed by atoms with Gasteiger partial charge in [-0.15, -0.1) is 0 Å². The first kappa shape index (κ1) is 17.2. The van der Waals surface area contributed by atoms with Crippen LogP contribution < -0.4 is 0 Å². The van der Waals surface area contributed by atoms with E-state index in [1.54, 1.807) is 6.07 Å². The summed E-state index contributed by atoms with van der Waals surface area (Å²) in [4.78, 5) is 0.0520. The first-order chi connectivity index (χ1) is 8.95. The van der Waals surface area contributed by atoms with E-state index in [-0.39, 0.29) is 15.7 Å². The lowest BCUT2D eigenvalue weighted by Gasteiger charge is -2.30. The molecule has 1 aromatic carbocycles. The second-order valence-electron chi connectivity index (χ2n) is 6.70. The van der Waals surface area contributed by atoms with Crippen LogP contribution in [0.15, 0.2) is 23.1 Å². The summed E-state index contributed by atoms with van der Waals surface area (Å²) in [5, 5.41) is 0. The quantitative estimate of drug-likeness (QED) is 0.843. The highest BCUT2D eigenvalue weighted by atomic mass is 32.2. The molecule has 4 heteroatoms. The van der Waals surface area contributed by atoms with Crippen LogP contribution in [0.1, 0.15) is 65.5 Å². The Labute approximate surface area is 123 Å². The lowest BCUT2D eigenvalue weighted by Crippen LogP contribution is -2.24. The van der Waals surface area contributed by atoms with E-state index in [1.165, 1.54) is 0 Å². The molecule has 0 aliphatic rings. The number of rotatable bonds is 4. The molecule has 0 fully saturated rings. The van der Waals surface area contributed by atoms with Gasteiger partial charge in [-0.05, 0) is 40.9 Å². The molecule has 0 aromatic heterocycles. The van der Waals surface area contributed by atoms with Crippen LogP contribution in [0.4, 0.5) is 0 Å². The van der Waals surface area contributed by atoms with Crippen molar-refractivity contribution in [2.45, 2.75) is 70.1 Å². The van der Waals surface area contributed by atoms with Crippen molar-refractivity contribution in [3.05, 3.63) is 29.3 Å². The van der Waals surface area contributed by atoms with Crippen LogP contribution in [0.3, 0.4) is 0 Å². The van der Waals surface area contributed by atoms with Crippen LogP contribution >= 0.6 is 0 Å². The second kappa shape index (κ2) is 5.49. The van der Waals surface area contributed by atoms with Crippen LogP contribution in [0.5, 0.6) is 0 Å². The van der Waals surface area contributed by atoms with Gasteiger partial charge in [-0.25, -0.2) is 0 Å². The molecule has 0 aliphatic heterocycles. The third-order valence-corrected chi connectivity index (χ3v) is 5.23. The standard InChI is InChI=1S/C16H26O3S/c1-7-16(6,8-2)13-10-9-12(15(3,4)5)11-14(13)20(17,18)19/h9-11H,7-8H2,1-6H3,(H,17,18,19). The molecular formula is C16H26O3S. The first-order valence-electron chi connectivity index (χ1n) is 7.08. The molecule has 0 saturated carbocycles. The highest BCUT2D eigenvalue weighted by Gasteiger charge is 2.30. The van der Waals surface area contributed by atoms with Gasteiger partial charge in [0, 0.05) is 0 Å². The fourth-order valence-electron chi connectivity index (χ4n) is 2.33. The van der Waals surface area contributed by atoms with Gasteiger partial charge < -0.3 is 0 Å². The van der Waals surface area contributed by atoms with E-state index in [1.807, 2.05) is 53.7 Å². The van der Waals surface area contributed by atoms with Crippen molar-refractivity contribution >= 4 is 10.1 Å². The van der Waals surface area contributed by atoms with Crippen LogP contribution in [0.25, 0.3) is 0 Å². The summed E-state index contributed by atoms with van der Waals surface area (Å²) in [7, 11) is -4.22. The van der Waals surface area contributed by atoms with Gasteiger partial charge >= 0.3 is 0 Å². The van der Waals surface area contributed by atoms with Crippen LogP contribution in [-0.4, -0.2) is 13.0 Å². The Morgan fingerprint density at radius 1 is 1.05 bits per heavy atom. The van der Waals surface area contributed by atoms with Gasteiger partial charge in [0.2, 0.25) is 0 Å². The maximum Gasteiger partial charge on any atom is 0.294 e. The fourth-order valence-corrected chi connectivity index (χ4v) is 3.20. The van der Waals surface area contributed by atoms with E-state index in [0.717, 1.165) is 18.4 Å². The van der Waals surface area contributed by atoms with Crippen molar-refractivity contribution < 1.29 is 13.0 Å². The Bertz CT molecular complexity index is 576. The maximum atomic E-state index is 11.8. The molecule has 20 heavy (non-hydrogen) atoms. The minimum absolute atomic E-state index is 0.0520. The molecule has 3 nitrogen and oxygen atoms in total. The topological polar surface area (TPSA) is 54.4 Å². The molecule has 0 spiro atoms.